The monoisotopic (exact) mass is 219 g/mol. The number of hydrogen-bond donors (Lipinski definition) is 1. The van der Waals surface area contributed by atoms with E-state index in [0.29, 0.717) is 5.92 Å². The molecule has 3 atom stereocenters. The van der Waals surface area contributed by atoms with Crippen LogP contribution in [0.1, 0.15) is 50.7 Å². The van der Waals surface area contributed by atoms with Crippen LogP contribution in [0.15, 0.2) is 24.5 Å². The van der Waals surface area contributed by atoms with Gasteiger partial charge < -0.3 is 5.11 Å². The quantitative estimate of drug-likeness (QED) is 0.845. The van der Waals surface area contributed by atoms with E-state index in [-0.39, 0.29) is 6.10 Å². The van der Waals surface area contributed by atoms with Gasteiger partial charge in [0.2, 0.25) is 0 Å². The summed E-state index contributed by atoms with van der Waals surface area (Å²) in [4.78, 5) is 4.08. The maximum atomic E-state index is 10.3. The Bertz CT molecular complexity index is 312. The fourth-order valence-corrected chi connectivity index (χ4v) is 2.81. The van der Waals surface area contributed by atoms with Gasteiger partial charge in [0.05, 0.1) is 6.10 Å². The Morgan fingerprint density at radius 3 is 3.06 bits per heavy atom. The Morgan fingerprint density at radius 1 is 1.50 bits per heavy atom. The molecule has 1 aromatic rings. The molecule has 0 spiro atoms. The summed E-state index contributed by atoms with van der Waals surface area (Å²) >= 11 is 0. The summed E-state index contributed by atoms with van der Waals surface area (Å²) in [7, 11) is 0. The van der Waals surface area contributed by atoms with E-state index in [2.05, 4.69) is 11.9 Å². The van der Waals surface area contributed by atoms with Crippen LogP contribution >= 0.6 is 0 Å². The standard InChI is InChI=1S/C14H21NO/c1-2-11-5-3-6-12(9-11)14(16)13-7-4-8-15-10-13/h4,7-8,10-12,14,16H,2-3,5-6,9H2,1H3. The molecule has 1 aromatic heterocycles. The molecule has 2 nitrogen and oxygen atoms in total. The molecule has 88 valence electrons. The van der Waals surface area contributed by atoms with Gasteiger partial charge in [0.1, 0.15) is 0 Å². The van der Waals surface area contributed by atoms with Gasteiger partial charge in [0.15, 0.2) is 0 Å². The zero-order valence-corrected chi connectivity index (χ0v) is 9.97. The normalized spacial score (nSPS) is 27.6. The molecule has 2 heteroatoms. The summed E-state index contributed by atoms with van der Waals surface area (Å²) in [5, 5.41) is 10.3. The van der Waals surface area contributed by atoms with Crippen LogP contribution in [0.5, 0.6) is 0 Å². The molecule has 1 fully saturated rings. The fourth-order valence-electron chi connectivity index (χ4n) is 2.81. The Labute approximate surface area is 97.7 Å². The first-order chi connectivity index (χ1) is 7.81. The lowest BCUT2D eigenvalue weighted by molar-refractivity contribution is 0.0675. The van der Waals surface area contributed by atoms with Crippen molar-refractivity contribution in [3.05, 3.63) is 30.1 Å². The highest BCUT2D eigenvalue weighted by Gasteiger charge is 2.27. The SMILES string of the molecule is CCC1CCCC(C(O)c2cccnc2)C1. The van der Waals surface area contributed by atoms with E-state index in [1.807, 2.05) is 12.1 Å². The first-order valence-corrected chi connectivity index (χ1v) is 6.39. The summed E-state index contributed by atoms with van der Waals surface area (Å²) in [6, 6.07) is 3.88. The van der Waals surface area contributed by atoms with Gasteiger partial charge in [-0.25, -0.2) is 0 Å². The number of pyridine rings is 1. The third-order valence-electron chi connectivity index (χ3n) is 3.87. The highest BCUT2D eigenvalue weighted by Crippen LogP contribution is 2.38. The predicted octanol–water partition coefficient (Wildman–Crippen LogP) is 3.33. The second kappa shape index (κ2) is 5.44. The summed E-state index contributed by atoms with van der Waals surface area (Å²) < 4.78 is 0. The van der Waals surface area contributed by atoms with E-state index in [0.717, 1.165) is 17.9 Å². The van der Waals surface area contributed by atoms with E-state index in [1.165, 1.54) is 25.7 Å². The van der Waals surface area contributed by atoms with Crippen LogP contribution < -0.4 is 0 Å². The summed E-state index contributed by atoms with van der Waals surface area (Å²) in [6.07, 6.45) is 9.41. The van der Waals surface area contributed by atoms with E-state index in [4.69, 9.17) is 0 Å². The number of hydrogen-bond acceptors (Lipinski definition) is 2. The maximum Gasteiger partial charge on any atom is 0.0833 e. The maximum absolute atomic E-state index is 10.3. The van der Waals surface area contributed by atoms with Crippen LogP contribution in [-0.4, -0.2) is 10.1 Å². The van der Waals surface area contributed by atoms with E-state index in [1.54, 1.807) is 12.4 Å². The van der Waals surface area contributed by atoms with Gasteiger partial charge in [-0.1, -0.05) is 32.3 Å². The van der Waals surface area contributed by atoms with Gasteiger partial charge in [-0.15, -0.1) is 0 Å². The second-order valence-corrected chi connectivity index (χ2v) is 4.93. The number of aliphatic hydroxyl groups is 1. The van der Waals surface area contributed by atoms with Gasteiger partial charge in [-0.2, -0.15) is 0 Å². The number of nitrogens with zero attached hydrogens (tertiary/aromatic N) is 1. The average Bonchev–Trinajstić information content (AvgIpc) is 2.39. The molecule has 0 aliphatic heterocycles. The molecule has 16 heavy (non-hydrogen) atoms. The molecule has 0 aromatic carbocycles. The van der Waals surface area contributed by atoms with E-state index < -0.39 is 0 Å². The smallest absolute Gasteiger partial charge is 0.0833 e. The van der Waals surface area contributed by atoms with Crippen molar-refractivity contribution in [2.75, 3.05) is 0 Å². The molecular formula is C14H21NO. The topological polar surface area (TPSA) is 33.1 Å². The van der Waals surface area contributed by atoms with Crippen molar-refractivity contribution >= 4 is 0 Å². The highest BCUT2D eigenvalue weighted by molar-refractivity contribution is 5.13. The van der Waals surface area contributed by atoms with Crippen molar-refractivity contribution in [2.24, 2.45) is 11.8 Å². The number of rotatable bonds is 3. The molecular weight excluding hydrogens is 198 g/mol. The number of aliphatic hydroxyl groups excluding tert-OH is 1. The van der Waals surface area contributed by atoms with Gasteiger partial charge in [0, 0.05) is 12.4 Å². The van der Waals surface area contributed by atoms with Gasteiger partial charge >= 0.3 is 0 Å². The fraction of sp³-hybridized carbons (Fsp3) is 0.643. The largest absolute Gasteiger partial charge is 0.388 e. The molecule has 1 heterocycles. The predicted molar refractivity (Wildman–Crippen MR) is 64.9 cm³/mol. The first-order valence-electron chi connectivity index (χ1n) is 6.39. The van der Waals surface area contributed by atoms with Gasteiger partial charge in [-0.05, 0) is 36.3 Å². The van der Waals surface area contributed by atoms with Crippen LogP contribution in [0, 0.1) is 11.8 Å². The zero-order valence-electron chi connectivity index (χ0n) is 9.97. The second-order valence-electron chi connectivity index (χ2n) is 4.93. The highest BCUT2D eigenvalue weighted by atomic mass is 16.3. The lowest BCUT2D eigenvalue weighted by atomic mass is 9.76. The van der Waals surface area contributed by atoms with Gasteiger partial charge in [0.25, 0.3) is 0 Å². The molecule has 1 aliphatic carbocycles. The van der Waals surface area contributed by atoms with Crippen molar-refractivity contribution < 1.29 is 5.11 Å². The van der Waals surface area contributed by atoms with Crippen molar-refractivity contribution in [3.63, 3.8) is 0 Å². The molecule has 1 N–H and O–H groups in total. The van der Waals surface area contributed by atoms with Crippen LogP contribution in [0.3, 0.4) is 0 Å². The summed E-state index contributed by atoms with van der Waals surface area (Å²) in [5.74, 6) is 1.24. The molecule has 0 radical (unpaired) electrons. The minimum Gasteiger partial charge on any atom is -0.388 e. The molecule has 3 unspecified atom stereocenters. The molecule has 0 bridgehead atoms. The van der Waals surface area contributed by atoms with Crippen LogP contribution in [0.25, 0.3) is 0 Å². The Hall–Kier alpha value is -0.890. The molecule has 1 saturated carbocycles. The Balaban J connectivity index is 2.01. The van der Waals surface area contributed by atoms with Crippen molar-refractivity contribution in [1.29, 1.82) is 0 Å². The van der Waals surface area contributed by atoms with Crippen molar-refractivity contribution in [2.45, 2.75) is 45.1 Å². The van der Waals surface area contributed by atoms with E-state index >= 15 is 0 Å². The Kier molecular flexibility index (Phi) is 3.94. The third-order valence-corrected chi connectivity index (χ3v) is 3.87. The first kappa shape index (κ1) is 11.6. The minimum absolute atomic E-state index is 0.317. The number of aromatic nitrogens is 1. The molecule has 0 saturated heterocycles. The minimum atomic E-state index is -0.317. The van der Waals surface area contributed by atoms with Crippen molar-refractivity contribution in [1.82, 2.24) is 4.98 Å². The van der Waals surface area contributed by atoms with Crippen LogP contribution in [0.4, 0.5) is 0 Å². The van der Waals surface area contributed by atoms with Gasteiger partial charge in [-0.3, -0.25) is 4.98 Å². The van der Waals surface area contributed by atoms with Crippen LogP contribution in [-0.2, 0) is 0 Å². The zero-order chi connectivity index (χ0) is 11.4. The van der Waals surface area contributed by atoms with E-state index in [9.17, 15) is 5.11 Å². The summed E-state index contributed by atoms with van der Waals surface area (Å²) in [5.41, 5.74) is 0.976. The van der Waals surface area contributed by atoms with Crippen LogP contribution in [0.2, 0.25) is 0 Å². The lowest BCUT2D eigenvalue weighted by Gasteiger charge is -2.31. The molecule has 2 rings (SSSR count). The molecule has 1 aliphatic rings. The van der Waals surface area contributed by atoms with Crippen molar-refractivity contribution in [3.8, 4) is 0 Å². The average molecular weight is 219 g/mol. The third kappa shape index (κ3) is 2.62. The lowest BCUT2D eigenvalue weighted by Crippen LogP contribution is -2.21. The molecule has 0 amide bonds. The summed E-state index contributed by atoms with van der Waals surface area (Å²) in [6.45, 7) is 2.25. The Morgan fingerprint density at radius 2 is 2.38 bits per heavy atom.